The van der Waals surface area contributed by atoms with Gasteiger partial charge in [0, 0.05) is 25.4 Å². The predicted octanol–water partition coefficient (Wildman–Crippen LogP) is -0.0910. The lowest BCUT2D eigenvalue weighted by molar-refractivity contribution is 0.0690. The number of nitrogens with zero attached hydrogens (tertiary/aromatic N) is 4. The minimum Gasteiger partial charge on any atom is -0.476 e. The molecule has 0 atom stereocenters. The molecule has 0 saturated carbocycles. The van der Waals surface area contributed by atoms with Crippen LogP contribution in [0.15, 0.2) is 6.20 Å². The molecule has 1 saturated heterocycles. The van der Waals surface area contributed by atoms with Crippen molar-refractivity contribution < 1.29 is 14.7 Å². The molecule has 9 heteroatoms. The normalized spacial score (nSPS) is 14.3. The SMILES string of the molecule is C#CCSCCNC(=O)N1CC(n2cc(C(=O)O)nn2)C1. The summed E-state index contributed by atoms with van der Waals surface area (Å²) in [6.07, 6.45) is 6.50. The van der Waals surface area contributed by atoms with E-state index in [4.69, 9.17) is 11.5 Å². The number of nitrogens with one attached hydrogen (secondary N) is 1. The Labute approximate surface area is 125 Å². The smallest absolute Gasteiger partial charge is 0.358 e. The molecule has 1 aromatic heterocycles. The fraction of sp³-hybridized carbons (Fsp3) is 0.500. The van der Waals surface area contributed by atoms with Gasteiger partial charge in [0.2, 0.25) is 0 Å². The van der Waals surface area contributed by atoms with Crippen LogP contribution in [0.4, 0.5) is 4.79 Å². The van der Waals surface area contributed by atoms with E-state index in [-0.39, 0.29) is 17.8 Å². The van der Waals surface area contributed by atoms with E-state index < -0.39 is 5.97 Å². The molecule has 0 aliphatic carbocycles. The second-order valence-electron chi connectivity index (χ2n) is 4.44. The first kappa shape index (κ1) is 15.2. The number of terminal acetylenes is 1. The Morgan fingerprint density at radius 1 is 1.57 bits per heavy atom. The summed E-state index contributed by atoms with van der Waals surface area (Å²) in [6.45, 7) is 1.55. The van der Waals surface area contributed by atoms with Gasteiger partial charge in [0.25, 0.3) is 0 Å². The van der Waals surface area contributed by atoms with Gasteiger partial charge in [0.15, 0.2) is 5.69 Å². The molecule has 1 aliphatic rings. The van der Waals surface area contributed by atoms with Crippen LogP contribution in [-0.2, 0) is 0 Å². The number of aromatic carboxylic acids is 1. The number of likely N-dealkylation sites (tertiary alicyclic amines) is 1. The number of aromatic nitrogens is 3. The standard InChI is InChI=1S/C12H15N5O3S/c1-2-4-21-5-3-13-12(20)16-6-9(7-16)17-8-10(11(18)19)14-15-17/h1,8-9H,3-7H2,(H,13,20)(H,18,19). The van der Waals surface area contributed by atoms with Crippen molar-refractivity contribution in [1.29, 1.82) is 0 Å². The summed E-state index contributed by atoms with van der Waals surface area (Å²) in [5.74, 6) is 2.82. The number of carboxylic acids is 1. The number of thioether (sulfide) groups is 1. The molecule has 2 rings (SSSR count). The van der Waals surface area contributed by atoms with Gasteiger partial charge in [-0.3, -0.25) is 0 Å². The molecule has 0 unspecified atom stereocenters. The molecule has 1 aliphatic heterocycles. The van der Waals surface area contributed by atoms with Crippen LogP contribution in [0.25, 0.3) is 0 Å². The maximum atomic E-state index is 11.8. The van der Waals surface area contributed by atoms with Crippen LogP contribution in [0.3, 0.4) is 0 Å². The van der Waals surface area contributed by atoms with Crippen molar-refractivity contribution >= 4 is 23.8 Å². The molecule has 21 heavy (non-hydrogen) atoms. The monoisotopic (exact) mass is 309 g/mol. The maximum Gasteiger partial charge on any atom is 0.358 e. The van der Waals surface area contributed by atoms with Crippen LogP contribution in [0, 0.1) is 12.3 Å². The average molecular weight is 309 g/mol. The number of carbonyl (C=O) groups excluding carboxylic acids is 1. The molecule has 112 valence electrons. The molecule has 1 fully saturated rings. The van der Waals surface area contributed by atoms with Gasteiger partial charge in [-0.05, 0) is 0 Å². The third kappa shape index (κ3) is 3.88. The minimum atomic E-state index is -1.11. The van der Waals surface area contributed by atoms with Crippen LogP contribution in [0.1, 0.15) is 16.5 Å². The zero-order chi connectivity index (χ0) is 15.2. The molecule has 0 radical (unpaired) electrons. The number of urea groups is 1. The van der Waals surface area contributed by atoms with Gasteiger partial charge in [0.05, 0.1) is 18.0 Å². The van der Waals surface area contributed by atoms with Gasteiger partial charge in [-0.1, -0.05) is 11.1 Å². The lowest BCUT2D eigenvalue weighted by Gasteiger charge is -2.38. The number of carboxylic acid groups (broad SMARTS) is 1. The molecule has 1 aromatic rings. The quantitative estimate of drug-likeness (QED) is 0.562. The maximum absolute atomic E-state index is 11.8. The van der Waals surface area contributed by atoms with Crippen LogP contribution in [0.5, 0.6) is 0 Å². The Kier molecular flexibility index (Phi) is 5.05. The molecular formula is C12H15N5O3S. The highest BCUT2D eigenvalue weighted by atomic mass is 32.2. The fourth-order valence-corrected chi connectivity index (χ4v) is 2.32. The average Bonchev–Trinajstić information content (AvgIpc) is 2.86. The van der Waals surface area contributed by atoms with Gasteiger partial charge in [-0.25, -0.2) is 14.3 Å². The third-order valence-corrected chi connectivity index (χ3v) is 3.82. The lowest BCUT2D eigenvalue weighted by atomic mass is 10.1. The second kappa shape index (κ2) is 6.99. The molecule has 0 spiro atoms. The van der Waals surface area contributed by atoms with E-state index >= 15 is 0 Å². The molecule has 8 nitrogen and oxygen atoms in total. The highest BCUT2D eigenvalue weighted by Gasteiger charge is 2.32. The largest absolute Gasteiger partial charge is 0.476 e. The van der Waals surface area contributed by atoms with Crippen LogP contribution in [-0.4, -0.2) is 68.1 Å². The van der Waals surface area contributed by atoms with Crippen LogP contribution in [0.2, 0.25) is 0 Å². The van der Waals surface area contributed by atoms with E-state index in [1.165, 1.54) is 10.9 Å². The van der Waals surface area contributed by atoms with Crippen molar-refractivity contribution in [2.24, 2.45) is 0 Å². The summed E-state index contributed by atoms with van der Waals surface area (Å²) < 4.78 is 1.48. The highest BCUT2D eigenvalue weighted by Crippen LogP contribution is 2.20. The van der Waals surface area contributed by atoms with Gasteiger partial charge in [-0.2, -0.15) is 0 Å². The summed E-state index contributed by atoms with van der Waals surface area (Å²) in [6, 6.07) is -0.154. The Morgan fingerprint density at radius 3 is 2.95 bits per heavy atom. The summed E-state index contributed by atoms with van der Waals surface area (Å²) in [5, 5.41) is 18.9. The van der Waals surface area contributed by atoms with Crippen molar-refractivity contribution in [3.05, 3.63) is 11.9 Å². The van der Waals surface area contributed by atoms with Gasteiger partial charge >= 0.3 is 12.0 Å². The van der Waals surface area contributed by atoms with Gasteiger partial charge < -0.3 is 15.3 Å². The molecule has 2 heterocycles. The van der Waals surface area contributed by atoms with Gasteiger partial charge in [0.1, 0.15) is 0 Å². The van der Waals surface area contributed by atoms with E-state index in [2.05, 4.69) is 21.5 Å². The Bertz CT molecular complexity index is 561. The summed E-state index contributed by atoms with van der Waals surface area (Å²) in [5.41, 5.74) is -0.0940. The molecule has 2 amide bonds. The number of rotatable bonds is 6. The van der Waals surface area contributed by atoms with Crippen LogP contribution >= 0.6 is 11.8 Å². The Hall–Kier alpha value is -2.21. The minimum absolute atomic E-state index is 0.0211. The van der Waals surface area contributed by atoms with Crippen molar-refractivity contribution in [2.45, 2.75) is 6.04 Å². The Balaban J connectivity index is 1.69. The first-order valence-electron chi connectivity index (χ1n) is 6.31. The number of hydrogen-bond donors (Lipinski definition) is 2. The van der Waals surface area contributed by atoms with Crippen molar-refractivity contribution in [1.82, 2.24) is 25.2 Å². The number of amides is 2. The summed E-state index contributed by atoms with van der Waals surface area (Å²) >= 11 is 1.59. The molecule has 2 N–H and O–H groups in total. The second-order valence-corrected chi connectivity index (χ2v) is 5.54. The fourth-order valence-electron chi connectivity index (χ4n) is 1.81. The van der Waals surface area contributed by atoms with E-state index in [9.17, 15) is 9.59 Å². The lowest BCUT2D eigenvalue weighted by Crippen LogP contribution is -2.54. The highest BCUT2D eigenvalue weighted by molar-refractivity contribution is 7.99. The number of hydrogen-bond acceptors (Lipinski definition) is 5. The summed E-state index contributed by atoms with van der Waals surface area (Å²) in [4.78, 5) is 24.1. The van der Waals surface area contributed by atoms with E-state index in [0.717, 1.165) is 5.75 Å². The van der Waals surface area contributed by atoms with E-state index in [1.54, 1.807) is 16.7 Å². The topological polar surface area (TPSA) is 100 Å². The van der Waals surface area contributed by atoms with Crippen molar-refractivity contribution in [3.8, 4) is 12.3 Å². The zero-order valence-corrected chi connectivity index (χ0v) is 12.0. The van der Waals surface area contributed by atoms with Crippen LogP contribution < -0.4 is 5.32 Å². The van der Waals surface area contributed by atoms with Crippen molar-refractivity contribution in [2.75, 3.05) is 31.1 Å². The molecule has 0 aromatic carbocycles. The summed E-state index contributed by atoms with van der Waals surface area (Å²) in [7, 11) is 0. The zero-order valence-electron chi connectivity index (χ0n) is 11.2. The Morgan fingerprint density at radius 2 is 2.33 bits per heavy atom. The predicted molar refractivity (Wildman–Crippen MR) is 77.1 cm³/mol. The first-order valence-corrected chi connectivity index (χ1v) is 7.46. The number of carbonyl (C=O) groups is 2. The van der Waals surface area contributed by atoms with E-state index in [0.29, 0.717) is 25.4 Å². The molecular weight excluding hydrogens is 294 g/mol. The molecule has 0 bridgehead atoms. The van der Waals surface area contributed by atoms with Crippen molar-refractivity contribution in [3.63, 3.8) is 0 Å². The first-order chi connectivity index (χ1) is 10.1. The van der Waals surface area contributed by atoms with Gasteiger partial charge in [-0.15, -0.1) is 23.3 Å². The van der Waals surface area contributed by atoms with E-state index in [1.807, 2.05) is 0 Å². The third-order valence-electron chi connectivity index (χ3n) is 2.96.